The van der Waals surface area contributed by atoms with E-state index in [0.717, 1.165) is 80.8 Å². The number of tetrazole rings is 1. The monoisotopic (exact) mass is 792 g/mol. The molecule has 7 aromatic rings. The first-order valence-electron chi connectivity index (χ1n) is 20.4. The summed E-state index contributed by atoms with van der Waals surface area (Å²) >= 11 is 0. The SMILES string of the molecule is CCCCC1N=C(c2ccc(-c3ccccc3)c(-c3nnnn3C(c3ccccc3)(c3ccccc3)c3ccccc3)c2)C(Cc2cccc(C(=O)OC)c2)=C(C)N1OC. The smallest absolute Gasteiger partial charge is 0.337 e. The van der Waals surface area contributed by atoms with Crippen LogP contribution in [0.4, 0.5) is 0 Å². The van der Waals surface area contributed by atoms with E-state index in [-0.39, 0.29) is 12.1 Å². The summed E-state index contributed by atoms with van der Waals surface area (Å²) in [6.45, 7) is 4.27. The predicted molar refractivity (Wildman–Crippen MR) is 236 cm³/mol. The largest absolute Gasteiger partial charge is 0.465 e. The number of carbonyl (C=O) groups excluding carboxylic acids is 1. The van der Waals surface area contributed by atoms with Crippen molar-refractivity contribution in [2.75, 3.05) is 14.2 Å². The predicted octanol–water partition coefficient (Wildman–Crippen LogP) is 10.3. The van der Waals surface area contributed by atoms with Gasteiger partial charge in [0.15, 0.2) is 5.82 Å². The molecule has 300 valence electrons. The van der Waals surface area contributed by atoms with Gasteiger partial charge in [0.1, 0.15) is 11.7 Å². The molecule has 0 aliphatic carbocycles. The van der Waals surface area contributed by atoms with Crippen molar-refractivity contribution in [2.45, 2.75) is 51.2 Å². The second-order valence-corrected chi connectivity index (χ2v) is 14.9. The number of rotatable bonds is 14. The van der Waals surface area contributed by atoms with Gasteiger partial charge in [-0.05, 0) is 81.8 Å². The van der Waals surface area contributed by atoms with Gasteiger partial charge in [0, 0.05) is 28.8 Å². The second-order valence-electron chi connectivity index (χ2n) is 14.9. The zero-order valence-corrected chi connectivity index (χ0v) is 34.4. The maximum atomic E-state index is 12.6. The first-order chi connectivity index (χ1) is 29.5. The molecule has 0 radical (unpaired) electrons. The fourth-order valence-corrected chi connectivity index (χ4v) is 8.46. The molecule has 9 heteroatoms. The summed E-state index contributed by atoms with van der Waals surface area (Å²) in [6, 6.07) is 55.7. The van der Waals surface area contributed by atoms with Crippen molar-refractivity contribution < 1.29 is 14.4 Å². The molecule has 6 aromatic carbocycles. The van der Waals surface area contributed by atoms with Crippen molar-refractivity contribution in [1.82, 2.24) is 25.3 Å². The van der Waals surface area contributed by atoms with Crippen LogP contribution in [-0.4, -0.2) is 57.3 Å². The summed E-state index contributed by atoms with van der Waals surface area (Å²) in [6.07, 6.45) is 3.09. The van der Waals surface area contributed by atoms with Crippen LogP contribution in [-0.2, 0) is 21.5 Å². The van der Waals surface area contributed by atoms with Crippen molar-refractivity contribution >= 4 is 11.7 Å². The van der Waals surface area contributed by atoms with Gasteiger partial charge in [-0.15, -0.1) is 5.10 Å². The van der Waals surface area contributed by atoms with Gasteiger partial charge in [-0.3, -0.25) is 9.83 Å². The van der Waals surface area contributed by atoms with E-state index in [0.29, 0.717) is 17.8 Å². The maximum absolute atomic E-state index is 12.6. The van der Waals surface area contributed by atoms with Crippen LogP contribution in [0.25, 0.3) is 22.5 Å². The van der Waals surface area contributed by atoms with Crippen molar-refractivity contribution in [1.29, 1.82) is 0 Å². The van der Waals surface area contributed by atoms with E-state index in [1.165, 1.54) is 7.11 Å². The number of methoxy groups -OCH3 is 1. The van der Waals surface area contributed by atoms with E-state index in [1.54, 1.807) is 13.2 Å². The van der Waals surface area contributed by atoms with Crippen molar-refractivity contribution in [2.24, 2.45) is 4.99 Å². The molecule has 0 spiro atoms. The van der Waals surface area contributed by atoms with Crippen LogP contribution in [0.2, 0.25) is 0 Å². The third-order valence-electron chi connectivity index (χ3n) is 11.3. The number of ether oxygens (including phenoxy) is 1. The number of hydrogen-bond acceptors (Lipinski definition) is 8. The lowest BCUT2D eigenvalue weighted by Gasteiger charge is -2.37. The van der Waals surface area contributed by atoms with Crippen LogP contribution in [0.15, 0.2) is 180 Å². The van der Waals surface area contributed by atoms with E-state index in [2.05, 4.69) is 122 Å². The summed E-state index contributed by atoms with van der Waals surface area (Å²) in [5, 5.41) is 16.2. The van der Waals surface area contributed by atoms with Crippen LogP contribution in [0.3, 0.4) is 0 Å². The number of aromatic nitrogens is 4. The van der Waals surface area contributed by atoms with Gasteiger partial charge in [-0.1, -0.05) is 159 Å². The number of unbranched alkanes of at least 4 members (excludes halogenated alkanes) is 1. The van der Waals surface area contributed by atoms with Crippen LogP contribution in [0, 0.1) is 0 Å². The van der Waals surface area contributed by atoms with Crippen LogP contribution < -0.4 is 0 Å². The molecule has 2 heterocycles. The van der Waals surface area contributed by atoms with Crippen LogP contribution >= 0.6 is 0 Å². The molecule has 60 heavy (non-hydrogen) atoms. The highest BCUT2D eigenvalue weighted by Crippen LogP contribution is 2.44. The Morgan fingerprint density at radius 2 is 1.32 bits per heavy atom. The first-order valence-corrected chi connectivity index (χ1v) is 20.4. The Morgan fingerprint density at radius 1 is 0.700 bits per heavy atom. The third kappa shape index (κ3) is 7.55. The van der Waals surface area contributed by atoms with Crippen LogP contribution in [0.1, 0.15) is 71.3 Å². The maximum Gasteiger partial charge on any atom is 0.337 e. The molecule has 1 aliphatic heterocycles. The molecule has 8 rings (SSSR count). The molecule has 1 aromatic heterocycles. The fourth-order valence-electron chi connectivity index (χ4n) is 8.46. The number of aliphatic imine (C=N–C) groups is 1. The van der Waals surface area contributed by atoms with Gasteiger partial charge in [-0.2, -0.15) is 0 Å². The Kier molecular flexibility index (Phi) is 11.9. The molecule has 1 aliphatic rings. The summed E-state index contributed by atoms with van der Waals surface area (Å²) in [7, 11) is 3.10. The van der Waals surface area contributed by atoms with E-state index in [9.17, 15) is 4.79 Å². The number of hydrogen-bond donors (Lipinski definition) is 0. The number of hydroxylamine groups is 2. The molecule has 0 amide bonds. The Hall–Kier alpha value is -6.97. The summed E-state index contributed by atoms with van der Waals surface area (Å²) in [4.78, 5) is 24.2. The van der Waals surface area contributed by atoms with Gasteiger partial charge in [-0.25, -0.2) is 14.5 Å². The van der Waals surface area contributed by atoms with Crippen molar-refractivity contribution in [3.05, 3.63) is 208 Å². The first kappa shape index (κ1) is 39.8. The van der Waals surface area contributed by atoms with Gasteiger partial charge < -0.3 is 4.74 Å². The van der Waals surface area contributed by atoms with E-state index >= 15 is 0 Å². The highest BCUT2D eigenvalue weighted by molar-refractivity contribution is 6.14. The zero-order valence-electron chi connectivity index (χ0n) is 34.4. The Bertz CT molecular complexity index is 2530. The summed E-state index contributed by atoms with van der Waals surface area (Å²) in [5.74, 6) is 0.215. The minimum absolute atomic E-state index is 0.237. The fraction of sp³-hybridized carbons (Fsp3) is 0.196. The van der Waals surface area contributed by atoms with Gasteiger partial charge in [0.05, 0.1) is 25.5 Å². The molecule has 0 saturated heterocycles. The van der Waals surface area contributed by atoms with Gasteiger partial charge in [0.2, 0.25) is 0 Å². The molecule has 1 atom stereocenters. The second kappa shape index (κ2) is 17.9. The number of allylic oxidation sites excluding steroid dienone is 2. The topological polar surface area (TPSA) is 94.7 Å². The van der Waals surface area contributed by atoms with E-state index in [1.807, 2.05) is 64.3 Å². The average Bonchev–Trinajstić information content (AvgIpc) is 3.80. The molecule has 9 nitrogen and oxygen atoms in total. The molecular formula is C51H48N6O3. The van der Waals surface area contributed by atoms with Gasteiger partial charge >= 0.3 is 5.97 Å². The molecule has 0 saturated carbocycles. The standard InChI is InChI=1S/C51H48N6O3/c1-5-6-30-47-52-48(45(36(2)56(47)60-4)34-37-20-19-23-40(33-37)50(58)59-3)39-31-32-44(38-21-11-7-12-22-38)46(35-39)49-53-54-55-57(49)51(41-24-13-8-14-25-41,42-26-15-9-16-27-42)43-28-17-10-18-29-43/h7-29,31-33,35,47H,5-6,30,34H2,1-4H3. The van der Waals surface area contributed by atoms with Crippen molar-refractivity contribution in [3.63, 3.8) is 0 Å². The third-order valence-corrected chi connectivity index (χ3v) is 11.3. The number of nitrogens with zero attached hydrogens (tertiary/aromatic N) is 6. The van der Waals surface area contributed by atoms with E-state index in [4.69, 9.17) is 24.9 Å². The Morgan fingerprint density at radius 3 is 1.90 bits per heavy atom. The molecular weight excluding hydrogens is 745 g/mol. The molecule has 0 bridgehead atoms. The lowest BCUT2D eigenvalue weighted by molar-refractivity contribution is -0.133. The number of carbonyl (C=O) groups is 1. The Balaban J connectivity index is 1.38. The summed E-state index contributed by atoms with van der Waals surface area (Å²) in [5.41, 5.74) is 10.1. The lowest BCUT2D eigenvalue weighted by atomic mass is 9.76. The quantitative estimate of drug-likeness (QED) is 0.0799. The zero-order chi connectivity index (χ0) is 41.5. The van der Waals surface area contributed by atoms with Gasteiger partial charge in [0.25, 0.3) is 0 Å². The number of benzene rings is 6. The molecule has 0 N–H and O–H groups in total. The van der Waals surface area contributed by atoms with Crippen molar-refractivity contribution in [3.8, 4) is 22.5 Å². The molecule has 0 fully saturated rings. The summed E-state index contributed by atoms with van der Waals surface area (Å²) < 4.78 is 7.06. The minimum atomic E-state index is -0.953. The van der Waals surface area contributed by atoms with Crippen LogP contribution in [0.5, 0.6) is 0 Å². The average molecular weight is 793 g/mol. The minimum Gasteiger partial charge on any atom is -0.465 e. The normalized spacial score (nSPS) is 14.2. The van der Waals surface area contributed by atoms with E-state index < -0.39 is 5.54 Å². The lowest BCUT2D eigenvalue weighted by Crippen LogP contribution is -2.39. The Labute approximate surface area is 351 Å². The highest BCUT2D eigenvalue weighted by Gasteiger charge is 2.42. The molecule has 1 unspecified atom stereocenters. The highest BCUT2D eigenvalue weighted by atomic mass is 16.7. The number of esters is 1.